The van der Waals surface area contributed by atoms with Crippen LogP contribution in [0.25, 0.3) is 0 Å². The summed E-state index contributed by atoms with van der Waals surface area (Å²) < 4.78 is 0. The van der Waals surface area contributed by atoms with Gasteiger partial charge in [-0.05, 0) is 37.6 Å². The van der Waals surface area contributed by atoms with Crippen molar-refractivity contribution in [1.82, 2.24) is 9.80 Å². The first kappa shape index (κ1) is 14.4. The van der Waals surface area contributed by atoms with E-state index in [1.807, 2.05) is 18.0 Å². The maximum atomic E-state index is 12.3. The lowest BCUT2D eigenvalue weighted by Gasteiger charge is -2.26. The number of likely N-dealkylation sites (tertiary alicyclic amines) is 1. The lowest BCUT2D eigenvalue weighted by Crippen LogP contribution is -2.31. The Morgan fingerprint density at radius 1 is 1.24 bits per heavy atom. The van der Waals surface area contributed by atoms with Gasteiger partial charge in [-0.15, -0.1) is 0 Å². The molecule has 1 aromatic rings. The molecular weight excluding hydrogens is 264 g/mol. The number of nitrogens with two attached hydrogens (primary N) is 1. The van der Waals surface area contributed by atoms with E-state index < -0.39 is 0 Å². The average Bonchev–Trinajstić information content (AvgIpc) is 3.03. The smallest absolute Gasteiger partial charge is 0.324 e. The lowest BCUT2D eigenvalue weighted by molar-refractivity contribution is 0.229. The third-order valence-corrected chi connectivity index (χ3v) is 4.77. The highest BCUT2D eigenvalue weighted by molar-refractivity contribution is 5.94. The van der Waals surface area contributed by atoms with Gasteiger partial charge in [0, 0.05) is 32.7 Å². The zero-order valence-corrected chi connectivity index (χ0v) is 12.8. The van der Waals surface area contributed by atoms with Gasteiger partial charge in [-0.3, -0.25) is 9.80 Å². The van der Waals surface area contributed by atoms with Crippen LogP contribution in [0.4, 0.5) is 10.5 Å². The number of urea groups is 1. The van der Waals surface area contributed by atoms with Gasteiger partial charge in [0.2, 0.25) is 0 Å². The molecule has 114 valence electrons. The summed E-state index contributed by atoms with van der Waals surface area (Å²) in [4.78, 5) is 18.3. The first-order valence-electron chi connectivity index (χ1n) is 7.63. The number of carbonyl (C=O) groups excluding carboxylic acids is 1. The van der Waals surface area contributed by atoms with Gasteiger partial charge in [0.25, 0.3) is 0 Å². The Balaban J connectivity index is 1.92. The topological polar surface area (TPSA) is 52.8 Å². The number of likely N-dealkylation sites (N-methyl/N-ethyl adjacent to an activating group) is 1. The molecule has 5 nitrogen and oxygen atoms in total. The summed E-state index contributed by atoms with van der Waals surface area (Å²) in [7, 11) is 4.01. The van der Waals surface area contributed by atoms with Crippen LogP contribution in [0.2, 0.25) is 0 Å². The van der Waals surface area contributed by atoms with Crippen molar-refractivity contribution in [3.63, 3.8) is 0 Å². The van der Waals surface area contributed by atoms with E-state index in [9.17, 15) is 4.79 Å². The van der Waals surface area contributed by atoms with Gasteiger partial charge in [-0.2, -0.15) is 0 Å². The highest BCUT2D eigenvalue weighted by Gasteiger charge is 2.34. The lowest BCUT2D eigenvalue weighted by atomic mass is 9.98. The molecule has 0 aromatic heterocycles. The van der Waals surface area contributed by atoms with E-state index in [2.05, 4.69) is 30.1 Å². The van der Waals surface area contributed by atoms with Gasteiger partial charge < -0.3 is 10.6 Å². The van der Waals surface area contributed by atoms with Crippen LogP contribution in [0.1, 0.15) is 18.0 Å². The minimum absolute atomic E-state index is 0.0958. The normalized spacial score (nSPS) is 26.9. The first-order valence-corrected chi connectivity index (χ1v) is 7.63. The zero-order valence-electron chi connectivity index (χ0n) is 12.8. The van der Waals surface area contributed by atoms with Crippen molar-refractivity contribution < 1.29 is 4.79 Å². The summed E-state index contributed by atoms with van der Waals surface area (Å²) in [6.07, 6.45) is 1.07. The molecule has 0 spiro atoms. The molecule has 2 fully saturated rings. The Hall–Kier alpha value is -1.59. The van der Waals surface area contributed by atoms with Crippen molar-refractivity contribution in [2.45, 2.75) is 12.5 Å². The molecule has 0 aliphatic carbocycles. The second kappa shape index (κ2) is 5.66. The maximum absolute atomic E-state index is 12.3. The molecule has 2 saturated heterocycles. The molecule has 1 aromatic carbocycles. The predicted octanol–water partition coefficient (Wildman–Crippen LogP) is 1.51. The number of hydrogen-bond donors (Lipinski definition) is 1. The second-order valence-corrected chi connectivity index (χ2v) is 6.21. The molecule has 3 rings (SSSR count). The van der Waals surface area contributed by atoms with E-state index in [0.29, 0.717) is 12.0 Å². The third-order valence-electron chi connectivity index (χ3n) is 4.77. The van der Waals surface area contributed by atoms with Crippen molar-refractivity contribution in [3.05, 3.63) is 29.8 Å². The van der Waals surface area contributed by atoms with Gasteiger partial charge in [-0.25, -0.2) is 4.79 Å². The van der Waals surface area contributed by atoms with Gasteiger partial charge in [0.05, 0.1) is 5.69 Å². The Morgan fingerprint density at radius 2 is 2.00 bits per heavy atom. The van der Waals surface area contributed by atoms with Gasteiger partial charge in [0.1, 0.15) is 0 Å². The fraction of sp³-hybridized carbons (Fsp3) is 0.562. The predicted molar refractivity (Wildman–Crippen MR) is 84.3 cm³/mol. The van der Waals surface area contributed by atoms with Crippen molar-refractivity contribution in [2.24, 2.45) is 11.7 Å². The van der Waals surface area contributed by atoms with Crippen LogP contribution in [-0.2, 0) is 0 Å². The minimum atomic E-state index is 0.0958. The highest BCUT2D eigenvalue weighted by Crippen LogP contribution is 2.39. The Bertz CT molecular complexity index is 533. The number of anilines is 1. The Kier molecular flexibility index (Phi) is 3.87. The van der Waals surface area contributed by atoms with Crippen LogP contribution >= 0.6 is 0 Å². The van der Waals surface area contributed by atoms with E-state index in [1.54, 1.807) is 4.90 Å². The molecule has 2 amide bonds. The summed E-state index contributed by atoms with van der Waals surface area (Å²) in [5.74, 6) is 0.546. The molecule has 2 N–H and O–H groups in total. The molecule has 5 heteroatoms. The summed E-state index contributed by atoms with van der Waals surface area (Å²) in [5.41, 5.74) is 8.15. The first-order chi connectivity index (χ1) is 10.1. The van der Waals surface area contributed by atoms with E-state index in [-0.39, 0.29) is 6.03 Å². The van der Waals surface area contributed by atoms with Crippen LogP contribution < -0.4 is 10.6 Å². The van der Waals surface area contributed by atoms with Gasteiger partial charge in [-0.1, -0.05) is 18.2 Å². The molecule has 0 bridgehead atoms. The minimum Gasteiger partial charge on any atom is -0.330 e. The van der Waals surface area contributed by atoms with E-state index >= 15 is 0 Å². The van der Waals surface area contributed by atoms with Crippen molar-refractivity contribution >= 4 is 11.7 Å². The third kappa shape index (κ3) is 2.51. The highest BCUT2D eigenvalue weighted by atomic mass is 16.2. The van der Waals surface area contributed by atoms with Crippen molar-refractivity contribution in [3.8, 4) is 0 Å². The van der Waals surface area contributed by atoms with Crippen LogP contribution in [0.3, 0.4) is 0 Å². The molecule has 2 aliphatic heterocycles. The van der Waals surface area contributed by atoms with E-state index in [1.165, 1.54) is 5.56 Å². The monoisotopic (exact) mass is 288 g/mol. The number of nitrogens with zero attached hydrogens (tertiary/aromatic N) is 3. The van der Waals surface area contributed by atoms with Crippen molar-refractivity contribution in [1.29, 1.82) is 0 Å². The van der Waals surface area contributed by atoms with Gasteiger partial charge >= 0.3 is 6.03 Å². The quantitative estimate of drug-likeness (QED) is 0.917. The van der Waals surface area contributed by atoms with Crippen LogP contribution in [0, 0.1) is 5.92 Å². The van der Waals surface area contributed by atoms with E-state index in [4.69, 9.17) is 5.73 Å². The largest absolute Gasteiger partial charge is 0.330 e. The molecular formula is C16H24N4O. The Morgan fingerprint density at radius 3 is 2.62 bits per heavy atom. The molecule has 21 heavy (non-hydrogen) atoms. The summed E-state index contributed by atoms with van der Waals surface area (Å²) >= 11 is 0. The molecule has 2 heterocycles. The summed E-state index contributed by atoms with van der Waals surface area (Å²) in [6.45, 7) is 3.32. The molecule has 0 saturated carbocycles. The Labute approximate surface area is 126 Å². The molecule has 2 aliphatic rings. The SMILES string of the molecule is CN1CCN(c2ccccc2C2CC(CN)CN2C)C1=O. The fourth-order valence-corrected chi connectivity index (χ4v) is 3.53. The molecule has 2 atom stereocenters. The standard InChI is InChI=1S/C16H24N4O/c1-18-7-8-20(16(18)21)14-6-4-3-5-13(14)15-9-12(10-17)11-19(15)2/h3-6,12,15H,7-11,17H2,1-2H3. The number of carbonyl (C=O) groups is 1. The number of amides is 2. The van der Waals surface area contributed by atoms with Crippen LogP contribution in [0.5, 0.6) is 0 Å². The number of benzene rings is 1. The van der Waals surface area contributed by atoms with Crippen LogP contribution in [-0.4, -0.2) is 56.1 Å². The average molecular weight is 288 g/mol. The van der Waals surface area contributed by atoms with Crippen molar-refractivity contribution in [2.75, 3.05) is 45.2 Å². The summed E-state index contributed by atoms with van der Waals surface area (Å²) in [5, 5.41) is 0. The molecule has 2 unspecified atom stereocenters. The number of para-hydroxylation sites is 1. The maximum Gasteiger partial charge on any atom is 0.324 e. The molecule has 0 radical (unpaired) electrons. The van der Waals surface area contributed by atoms with Gasteiger partial charge in [0.15, 0.2) is 0 Å². The number of rotatable bonds is 3. The number of hydrogen-bond acceptors (Lipinski definition) is 3. The van der Waals surface area contributed by atoms with E-state index in [0.717, 1.165) is 38.3 Å². The van der Waals surface area contributed by atoms with Crippen LogP contribution in [0.15, 0.2) is 24.3 Å². The second-order valence-electron chi connectivity index (χ2n) is 6.21. The zero-order chi connectivity index (χ0) is 15.0. The summed E-state index contributed by atoms with van der Waals surface area (Å²) in [6, 6.07) is 8.75. The fourth-order valence-electron chi connectivity index (χ4n) is 3.53.